The monoisotopic (exact) mass is 381 g/mol. The molecule has 0 saturated carbocycles. The summed E-state index contributed by atoms with van der Waals surface area (Å²) in [6.07, 6.45) is 8.54. The molecule has 7 nitrogen and oxygen atoms in total. The lowest BCUT2D eigenvalue weighted by molar-refractivity contribution is 0.100. The molecule has 0 unspecified atom stereocenters. The number of carbonyl (C=O) groups is 1. The smallest absolute Gasteiger partial charge is 0.282 e. The van der Waals surface area contributed by atoms with Crippen LogP contribution >= 0.6 is 0 Å². The fourth-order valence-corrected chi connectivity index (χ4v) is 2.23. The van der Waals surface area contributed by atoms with Gasteiger partial charge < -0.3 is 20.8 Å². The van der Waals surface area contributed by atoms with Crippen LogP contribution in [-0.4, -0.2) is 29.8 Å². The Morgan fingerprint density at radius 2 is 1.93 bits per heavy atom. The predicted molar refractivity (Wildman–Crippen MR) is 117 cm³/mol. The van der Waals surface area contributed by atoms with Crippen molar-refractivity contribution in [2.24, 2.45) is 21.5 Å². The van der Waals surface area contributed by atoms with Crippen molar-refractivity contribution in [3.63, 3.8) is 0 Å². The zero-order valence-electron chi connectivity index (χ0n) is 16.7. The molecule has 0 radical (unpaired) electrons. The molecule has 0 bridgehead atoms. The molecular weight excluding hydrogens is 354 g/mol. The van der Waals surface area contributed by atoms with Crippen LogP contribution in [0.2, 0.25) is 0 Å². The lowest BCUT2D eigenvalue weighted by atomic mass is 10.2. The number of nitrogens with two attached hydrogens (primary N) is 2. The van der Waals surface area contributed by atoms with Crippen molar-refractivity contribution >= 4 is 34.7 Å². The van der Waals surface area contributed by atoms with Gasteiger partial charge in [0, 0.05) is 29.7 Å². The molecule has 7 heteroatoms. The van der Waals surface area contributed by atoms with Crippen molar-refractivity contribution in [3.8, 4) is 0 Å². The van der Waals surface area contributed by atoms with Crippen LogP contribution in [0.3, 0.4) is 0 Å². The number of methoxy groups -OCH3 is 1. The Bertz CT molecular complexity index is 945. The van der Waals surface area contributed by atoms with Gasteiger partial charge in [0.1, 0.15) is 0 Å². The standard InChI is InChI=1S/C16H17N5O.C5H10O/c1-3-19-9-8-11(2)21-10-13(15(22)20-16(17)18)12-6-4-5-7-14(12)21;1-4-5(2)6-3/h3-10H,1H2,2H3,(H4,17,18,20,22);4H,1-3H3/b11-8+,19-9?;5-4+. The molecule has 1 heterocycles. The lowest BCUT2D eigenvalue weighted by Gasteiger charge is -2.03. The number of rotatable bonds is 5. The molecule has 2 aromatic rings. The van der Waals surface area contributed by atoms with Crippen molar-refractivity contribution in [3.05, 3.63) is 66.7 Å². The number of nitrogens with zero attached hydrogens (tertiary/aromatic N) is 3. The predicted octanol–water partition coefficient (Wildman–Crippen LogP) is 3.69. The zero-order chi connectivity index (χ0) is 21.1. The molecule has 4 N–H and O–H groups in total. The number of benzene rings is 1. The van der Waals surface area contributed by atoms with Crippen molar-refractivity contribution in [2.75, 3.05) is 7.11 Å². The normalized spacial score (nSPS) is 11.7. The molecule has 2 rings (SSSR count). The van der Waals surface area contributed by atoms with Gasteiger partial charge in [0.2, 0.25) is 0 Å². The molecule has 28 heavy (non-hydrogen) atoms. The maximum absolute atomic E-state index is 12.1. The minimum atomic E-state index is -0.470. The minimum absolute atomic E-state index is 0.257. The van der Waals surface area contributed by atoms with Crippen LogP contribution in [0.1, 0.15) is 31.1 Å². The summed E-state index contributed by atoms with van der Waals surface area (Å²) >= 11 is 0. The van der Waals surface area contributed by atoms with Crippen LogP contribution in [0.5, 0.6) is 0 Å². The number of fused-ring (bicyclic) bond motifs is 1. The van der Waals surface area contributed by atoms with Crippen molar-refractivity contribution < 1.29 is 9.53 Å². The highest BCUT2D eigenvalue weighted by Gasteiger charge is 2.15. The van der Waals surface area contributed by atoms with Crippen molar-refractivity contribution in [1.29, 1.82) is 0 Å². The van der Waals surface area contributed by atoms with Gasteiger partial charge in [-0.2, -0.15) is 4.99 Å². The third-order valence-corrected chi connectivity index (χ3v) is 3.79. The van der Waals surface area contributed by atoms with Gasteiger partial charge in [-0.25, -0.2) is 0 Å². The number of carbonyl (C=O) groups excluding carboxylic acids is 1. The average molecular weight is 381 g/mol. The van der Waals surface area contributed by atoms with Gasteiger partial charge >= 0.3 is 0 Å². The van der Waals surface area contributed by atoms with Gasteiger partial charge in [-0.3, -0.25) is 9.79 Å². The quantitative estimate of drug-likeness (QED) is 0.468. The summed E-state index contributed by atoms with van der Waals surface area (Å²) in [6, 6.07) is 7.53. The van der Waals surface area contributed by atoms with Gasteiger partial charge in [0.25, 0.3) is 5.91 Å². The number of allylic oxidation sites excluding steroid dienone is 4. The van der Waals surface area contributed by atoms with Crippen LogP contribution in [0, 0.1) is 0 Å². The molecule has 0 aliphatic carbocycles. The number of aromatic nitrogens is 1. The van der Waals surface area contributed by atoms with Crippen LogP contribution in [-0.2, 0) is 4.74 Å². The Kier molecular flexibility index (Phi) is 8.95. The Labute approximate surface area is 165 Å². The van der Waals surface area contributed by atoms with E-state index in [2.05, 4.69) is 16.6 Å². The SMILES string of the molecule is C/C=C(\C)OC.C=CN=C/C=C(\C)n1cc(C(=O)N=C(N)N)c2ccccc21. The summed E-state index contributed by atoms with van der Waals surface area (Å²) in [5.41, 5.74) is 12.8. The summed E-state index contributed by atoms with van der Waals surface area (Å²) in [4.78, 5) is 19.7. The Hall–Kier alpha value is -3.61. The molecule has 0 aliphatic heterocycles. The van der Waals surface area contributed by atoms with E-state index in [-0.39, 0.29) is 5.96 Å². The maximum atomic E-state index is 12.1. The maximum Gasteiger partial charge on any atom is 0.282 e. The highest BCUT2D eigenvalue weighted by Crippen LogP contribution is 2.24. The van der Waals surface area contributed by atoms with Crippen molar-refractivity contribution in [1.82, 2.24) is 4.57 Å². The van der Waals surface area contributed by atoms with Gasteiger partial charge in [-0.15, -0.1) is 0 Å². The molecule has 0 fully saturated rings. The first-order chi connectivity index (χ1) is 13.3. The molecular formula is C21H27N5O2. The summed E-state index contributed by atoms with van der Waals surface area (Å²) in [7, 11) is 1.66. The molecule has 148 valence electrons. The van der Waals surface area contributed by atoms with E-state index in [1.165, 1.54) is 6.20 Å². The summed E-state index contributed by atoms with van der Waals surface area (Å²) in [6.45, 7) is 9.29. The first-order valence-corrected chi connectivity index (χ1v) is 8.58. The Balaban J connectivity index is 0.000000568. The molecule has 0 aliphatic rings. The number of amides is 1. The van der Waals surface area contributed by atoms with E-state index in [1.807, 2.05) is 61.8 Å². The number of hydrogen-bond acceptors (Lipinski definition) is 3. The third kappa shape index (κ3) is 6.28. The second-order valence-corrected chi connectivity index (χ2v) is 5.66. The van der Waals surface area contributed by atoms with Gasteiger partial charge in [-0.05, 0) is 32.9 Å². The van der Waals surface area contributed by atoms with E-state index in [0.29, 0.717) is 5.56 Å². The van der Waals surface area contributed by atoms with E-state index in [0.717, 1.165) is 22.4 Å². The van der Waals surface area contributed by atoms with Gasteiger partial charge in [0.15, 0.2) is 5.96 Å². The fraction of sp³-hybridized carbons (Fsp3) is 0.190. The minimum Gasteiger partial charge on any atom is -0.502 e. The highest BCUT2D eigenvalue weighted by molar-refractivity contribution is 6.11. The molecule has 0 atom stereocenters. The van der Waals surface area contributed by atoms with Crippen LogP contribution < -0.4 is 11.5 Å². The first kappa shape index (κ1) is 22.4. The zero-order valence-corrected chi connectivity index (χ0v) is 16.7. The number of hydrogen-bond donors (Lipinski definition) is 2. The molecule has 1 aromatic heterocycles. The molecule has 0 spiro atoms. The molecule has 1 amide bonds. The van der Waals surface area contributed by atoms with E-state index < -0.39 is 5.91 Å². The highest BCUT2D eigenvalue weighted by atomic mass is 16.5. The lowest BCUT2D eigenvalue weighted by Crippen LogP contribution is -2.24. The van der Waals surface area contributed by atoms with Crippen LogP contribution in [0.4, 0.5) is 0 Å². The van der Waals surface area contributed by atoms with E-state index in [1.54, 1.807) is 19.5 Å². The summed E-state index contributed by atoms with van der Waals surface area (Å²) in [5.74, 6) is 0.240. The van der Waals surface area contributed by atoms with E-state index >= 15 is 0 Å². The molecule has 1 aromatic carbocycles. The summed E-state index contributed by atoms with van der Waals surface area (Å²) < 4.78 is 6.65. The van der Waals surface area contributed by atoms with E-state index in [9.17, 15) is 4.79 Å². The van der Waals surface area contributed by atoms with Crippen LogP contribution in [0.25, 0.3) is 16.6 Å². The average Bonchev–Trinajstić information content (AvgIpc) is 3.07. The van der Waals surface area contributed by atoms with Crippen molar-refractivity contribution in [2.45, 2.75) is 20.8 Å². The largest absolute Gasteiger partial charge is 0.502 e. The topological polar surface area (TPSA) is 108 Å². The van der Waals surface area contributed by atoms with Gasteiger partial charge in [0.05, 0.1) is 23.9 Å². The number of ether oxygens (including phenoxy) is 1. The Morgan fingerprint density at radius 3 is 2.46 bits per heavy atom. The molecule has 0 saturated heterocycles. The Morgan fingerprint density at radius 1 is 1.25 bits per heavy atom. The second-order valence-electron chi connectivity index (χ2n) is 5.66. The third-order valence-electron chi connectivity index (χ3n) is 3.79. The van der Waals surface area contributed by atoms with Gasteiger partial charge in [-0.1, -0.05) is 30.9 Å². The number of aliphatic imine (C=N–C) groups is 2. The number of para-hydroxylation sites is 1. The van der Waals surface area contributed by atoms with E-state index in [4.69, 9.17) is 16.2 Å². The fourth-order valence-electron chi connectivity index (χ4n) is 2.23. The summed E-state index contributed by atoms with van der Waals surface area (Å²) in [5, 5.41) is 0.783. The second kappa shape index (κ2) is 11.2. The van der Waals surface area contributed by atoms with Crippen LogP contribution in [0.15, 0.2) is 71.1 Å². The first-order valence-electron chi connectivity index (χ1n) is 8.58. The number of guanidine groups is 1.